The van der Waals surface area contributed by atoms with Crippen molar-refractivity contribution in [2.45, 2.75) is 46.0 Å². The maximum atomic E-state index is 5.58. The van der Waals surface area contributed by atoms with Gasteiger partial charge in [0.25, 0.3) is 0 Å². The summed E-state index contributed by atoms with van der Waals surface area (Å²) in [7, 11) is 1.78. The lowest BCUT2D eigenvalue weighted by molar-refractivity contribution is 0.406. The highest BCUT2D eigenvalue weighted by molar-refractivity contribution is 5.81. The first-order valence-corrected chi connectivity index (χ1v) is 8.87. The molecule has 0 aromatic heterocycles. The third-order valence-corrected chi connectivity index (χ3v) is 5.12. The maximum Gasteiger partial charge on any atom is 0.122 e. The minimum atomic E-state index is 0.945. The highest BCUT2D eigenvalue weighted by Crippen LogP contribution is 2.33. The lowest BCUT2D eigenvalue weighted by atomic mass is 9.86. The van der Waals surface area contributed by atoms with Crippen LogP contribution >= 0.6 is 0 Å². The summed E-state index contributed by atoms with van der Waals surface area (Å²) in [5, 5.41) is 0. The van der Waals surface area contributed by atoms with Gasteiger partial charge in [-0.2, -0.15) is 0 Å². The van der Waals surface area contributed by atoms with Crippen molar-refractivity contribution in [2.75, 3.05) is 26.7 Å². The Kier molecular flexibility index (Phi) is 5.04. The third kappa shape index (κ3) is 3.44. The molecule has 23 heavy (non-hydrogen) atoms. The van der Waals surface area contributed by atoms with Crippen LogP contribution in [0.1, 0.15) is 49.8 Å². The van der Waals surface area contributed by atoms with Gasteiger partial charge in [0, 0.05) is 13.1 Å². The molecule has 0 saturated heterocycles. The predicted octanol–water partition coefficient (Wildman–Crippen LogP) is 4.10. The van der Waals surface area contributed by atoms with Crippen LogP contribution in [0.3, 0.4) is 0 Å². The quantitative estimate of drug-likeness (QED) is 0.817. The molecule has 0 saturated carbocycles. The topological polar surface area (TPSA) is 24.8 Å². The molecule has 0 bridgehead atoms. The minimum absolute atomic E-state index is 0.945. The fraction of sp³-hybridized carbons (Fsp3) is 0.550. The Labute approximate surface area is 140 Å². The zero-order valence-electron chi connectivity index (χ0n) is 14.7. The zero-order valence-corrected chi connectivity index (χ0v) is 14.7. The zero-order chi connectivity index (χ0) is 16.2. The molecule has 124 valence electrons. The van der Waals surface area contributed by atoms with E-state index in [9.17, 15) is 0 Å². The van der Waals surface area contributed by atoms with Gasteiger partial charge in [-0.1, -0.05) is 24.6 Å². The monoisotopic (exact) mass is 312 g/mol. The SMILES string of the molecule is CC/C(=C/c1ccc(OC)c2c1CCCC2)CN1CCN=C1C. The second kappa shape index (κ2) is 7.20. The molecule has 1 aliphatic carbocycles. The molecule has 0 atom stereocenters. The molecule has 1 aromatic rings. The van der Waals surface area contributed by atoms with Crippen LogP contribution < -0.4 is 4.74 Å². The molecule has 0 N–H and O–H groups in total. The van der Waals surface area contributed by atoms with Gasteiger partial charge in [-0.25, -0.2) is 0 Å². The number of amidine groups is 1. The van der Waals surface area contributed by atoms with Crippen LogP contribution in [0.15, 0.2) is 22.7 Å². The number of nitrogens with zero attached hydrogens (tertiary/aromatic N) is 2. The molecule has 0 unspecified atom stereocenters. The lowest BCUT2D eigenvalue weighted by Gasteiger charge is -2.23. The molecule has 3 rings (SSSR count). The second-order valence-corrected chi connectivity index (χ2v) is 6.53. The number of ether oxygens (including phenoxy) is 1. The Hall–Kier alpha value is -1.77. The fourth-order valence-electron chi connectivity index (χ4n) is 3.70. The lowest BCUT2D eigenvalue weighted by Crippen LogP contribution is -2.27. The summed E-state index contributed by atoms with van der Waals surface area (Å²) in [5.41, 5.74) is 5.82. The number of hydrogen-bond acceptors (Lipinski definition) is 3. The van der Waals surface area contributed by atoms with Gasteiger partial charge in [0.15, 0.2) is 0 Å². The number of methoxy groups -OCH3 is 1. The summed E-state index contributed by atoms with van der Waals surface area (Å²) < 4.78 is 5.58. The molecule has 0 radical (unpaired) electrons. The molecule has 0 spiro atoms. The van der Waals surface area contributed by atoms with E-state index in [1.54, 1.807) is 7.11 Å². The molecule has 1 heterocycles. The van der Waals surface area contributed by atoms with Crippen molar-refractivity contribution in [2.24, 2.45) is 4.99 Å². The molecule has 1 aliphatic heterocycles. The highest BCUT2D eigenvalue weighted by Gasteiger charge is 2.18. The standard InChI is InChI=1S/C20H28N2O/c1-4-16(14-22-12-11-21-15(22)2)13-17-9-10-20(23-3)19-8-6-5-7-18(17)19/h9-10,13H,4-8,11-12,14H2,1-3H3/b16-13-. The molecular formula is C20H28N2O. The largest absolute Gasteiger partial charge is 0.496 e. The predicted molar refractivity (Wildman–Crippen MR) is 97.5 cm³/mol. The molecule has 3 nitrogen and oxygen atoms in total. The van der Waals surface area contributed by atoms with Gasteiger partial charge in [0.2, 0.25) is 0 Å². The maximum absolute atomic E-state index is 5.58. The molecular weight excluding hydrogens is 284 g/mol. The van der Waals surface area contributed by atoms with Crippen LogP contribution in [-0.4, -0.2) is 37.5 Å². The van der Waals surface area contributed by atoms with Crippen molar-refractivity contribution >= 4 is 11.9 Å². The molecule has 2 aliphatic rings. The van der Waals surface area contributed by atoms with E-state index in [1.807, 2.05) is 0 Å². The summed E-state index contributed by atoms with van der Waals surface area (Å²) in [5.74, 6) is 2.25. The van der Waals surface area contributed by atoms with Gasteiger partial charge < -0.3 is 9.64 Å². The van der Waals surface area contributed by atoms with Crippen molar-refractivity contribution in [3.63, 3.8) is 0 Å². The summed E-state index contributed by atoms with van der Waals surface area (Å²) in [4.78, 5) is 6.90. The van der Waals surface area contributed by atoms with E-state index >= 15 is 0 Å². The van der Waals surface area contributed by atoms with E-state index < -0.39 is 0 Å². The highest BCUT2D eigenvalue weighted by atomic mass is 16.5. The van der Waals surface area contributed by atoms with E-state index in [4.69, 9.17) is 4.74 Å². The van der Waals surface area contributed by atoms with E-state index in [2.05, 4.69) is 41.9 Å². The minimum Gasteiger partial charge on any atom is -0.496 e. The Morgan fingerprint density at radius 1 is 1.26 bits per heavy atom. The van der Waals surface area contributed by atoms with Gasteiger partial charge in [-0.3, -0.25) is 4.99 Å². The summed E-state index contributed by atoms with van der Waals surface area (Å²) in [6.07, 6.45) is 8.40. The molecule has 3 heteroatoms. The molecule has 1 aromatic carbocycles. The van der Waals surface area contributed by atoms with Crippen molar-refractivity contribution < 1.29 is 4.74 Å². The van der Waals surface area contributed by atoms with Crippen LogP contribution in [0.5, 0.6) is 5.75 Å². The van der Waals surface area contributed by atoms with Gasteiger partial charge >= 0.3 is 0 Å². The van der Waals surface area contributed by atoms with Gasteiger partial charge in [-0.05, 0) is 61.8 Å². The van der Waals surface area contributed by atoms with Crippen molar-refractivity contribution in [3.8, 4) is 5.75 Å². The summed E-state index contributed by atoms with van der Waals surface area (Å²) >= 11 is 0. The van der Waals surface area contributed by atoms with Gasteiger partial charge in [0.05, 0.1) is 19.5 Å². The number of benzene rings is 1. The number of hydrogen-bond donors (Lipinski definition) is 0. The van der Waals surface area contributed by atoms with Gasteiger partial charge in [-0.15, -0.1) is 0 Å². The van der Waals surface area contributed by atoms with E-state index in [1.165, 1.54) is 47.4 Å². The first kappa shape index (κ1) is 16.1. The van der Waals surface area contributed by atoms with Crippen LogP contribution in [0, 0.1) is 0 Å². The third-order valence-electron chi connectivity index (χ3n) is 5.12. The van der Waals surface area contributed by atoms with Crippen LogP contribution in [0.4, 0.5) is 0 Å². The van der Waals surface area contributed by atoms with E-state index in [0.717, 1.165) is 38.2 Å². The van der Waals surface area contributed by atoms with Crippen LogP contribution in [0.25, 0.3) is 6.08 Å². The average Bonchev–Trinajstić information content (AvgIpc) is 2.99. The first-order valence-electron chi connectivity index (χ1n) is 8.87. The van der Waals surface area contributed by atoms with E-state index in [0.29, 0.717) is 0 Å². The Morgan fingerprint density at radius 3 is 2.70 bits per heavy atom. The average molecular weight is 312 g/mol. The summed E-state index contributed by atoms with van der Waals surface area (Å²) in [6, 6.07) is 4.38. The normalized spacial score (nSPS) is 18.0. The van der Waals surface area contributed by atoms with Crippen LogP contribution in [-0.2, 0) is 12.8 Å². The van der Waals surface area contributed by atoms with Crippen molar-refractivity contribution in [3.05, 3.63) is 34.4 Å². The van der Waals surface area contributed by atoms with Gasteiger partial charge in [0.1, 0.15) is 5.75 Å². The van der Waals surface area contributed by atoms with E-state index in [-0.39, 0.29) is 0 Å². The smallest absolute Gasteiger partial charge is 0.122 e. The molecule has 0 amide bonds. The molecule has 0 fully saturated rings. The number of fused-ring (bicyclic) bond motifs is 1. The van der Waals surface area contributed by atoms with Crippen LogP contribution in [0.2, 0.25) is 0 Å². The second-order valence-electron chi connectivity index (χ2n) is 6.53. The Balaban J connectivity index is 1.89. The Bertz CT molecular complexity index is 631. The fourth-order valence-corrected chi connectivity index (χ4v) is 3.70. The van der Waals surface area contributed by atoms with Crippen molar-refractivity contribution in [1.29, 1.82) is 0 Å². The first-order chi connectivity index (χ1) is 11.2. The van der Waals surface area contributed by atoms with Crippen molar-refractivity contribution in [1.82, 2.24) is 4.90 Å². The summed E-state index contributed by atoms with van der Waals surface area (Å²) in [6.45, 7) is 7.39. The Morgan fingerprint density at radius 2 is 2.04 bits per heavy atom. The number of rotatable bonds is 5. The number of aliphatic imine (C=N–C) groups is 1.